The Morgan fingerprint density at radius 3 is 2.50 bits per heavy atom. The summed E-state index contributed by atoms with van der Waals surface area (Å²) < 4.78 is 43.9. The first-order valence-corrected chi connectivity index (χ1v) is 7.59. The van der Waals surface area contributed by atoms with Crippen LogP contribution in [0.25, 0.3) is 0 Å². The predicted octanol–water partition coefficient (Wildman–Crippen LogP) is 3.26. The molecule has 0 saturated carbocycles. The van der Waals surface area contributed by atoms with Crippen molar-refractivity contribution in [1.82, 2.24) is 4.90 Å². The van der Waals surface area contributed by atoms with Gasteiger partial charge in [-0.3, -0.25) is 0 Å². The number of hydrogen-bond donors (Lipinski definition) is 1. The van der Waals surface area contributed by atoms with Gasteiger partial charge in [0.25, 0.3) is 0 Å². The Labute approximate surface area is 127 Å². The highest BCUT2D eigenvalue weighted by molar-refractivity contribution is 5.40. The summed E-state index contributed by atoms with van der Waals surface area (Å²) in [5, 5.41) is 11.0. The van der Waals surface area contributed by atoms with Crippen LogP contribution in [0.5, 0.6) is 5.75 Å². The van der Waals surface area contributed by atoms with Gasteiger partial charge in [0.05, 0.1) is 11.2 Å². The Morgan fingerprint density at radius 2 is 1.91 bits per heavy atom. The van der Waals surface area contributed by atoms with E-state index in [2.05, 4.69) is 9.64 Å². The molecule has 2 heterocycles. The molecular weight excluding hydrogens is 295 g/mol. The molecule has 2 saturated heterocycles. The lowest BCUT2D eigenvalue weighted by Gasteiger charge is -2.51. The highest BCUT2D eigenvalue weighted by atomic mass is 19.3. The molecule has 3 nitrogen and oxygen atoms in total. The molecule has 2 fully saturated rings. The fourth-order valence-electron chi connectivity index (χ4n) is 4.00. The van der Waals surface area contributed by atoms with Crippen LogP contribution in [-0.2, 0) is 5.60 Å². The molecule has 1 N–H and O–H groups in total. The Bertz CT molecular complexity index is 538. The summed E-state index contributed by atoms with van der Waals surface area (Å²) in [6.07, 6.45) is 3.60. The van der Waals surface area contributed by atoms with Crippen LogP contribution in [0.15, 0.2) is 18.2 Å². The number of hydrogen-bond acceptors (Lipinski definition) is 3. The summed E-state index contributed by atoms with van der Waals surface area (Å²) >= 11 is 0. The number of rotatable bonds is 3. The average Bonchev–Trinajstić information content (AvgIpc) is 2.40. The number of aliphatic hydroxyl groups is 1. The van der Waals surface area contributed by atoms with E-state index < -0.39 is 18.0 Å². The minimum atomic E-state index is -3.05. The Morgan fingerprint density at radius 1 is 1.27 bits per heavy atom. The van der Waals surface area contributed by atoms with Gasteiger partial charge >= 0.3 is 6.61 Å². The van der Waals surface area contributed by atoms with Crippen molar-refractivity contribution in [2.45, 2.75) is 56.4 Å². The molecule has 0 aliphatic carbocycles. The second kappa shape index (κ2) is 5.74. The highest BCUT2D eigenvalue weighted by Gasteiger charge is 2.47. The highest BCUT2D eigenvalue weighted by Crippen LogP contribution is 2.47. The van der Waals surface area contributed by atoms with E-state index in [1.165, 1.54) is 18.2 Å². The van der Waals surface area contributed by atoms with Gasteiger partial charge < -0.3 is 14.7 Å². The topological polar surface area (TPSA) is 32.7 Å². The van der Waals surface area contributed by atoms with Gasteiger partial charge in [-0.05, 0) is 44.9 Å². The van der Waals surface area contributed by atoms with Gasteiger partial charge in [0, 0.05) is 12.1 Å². The summed E-state index contributed by atoms with van der Waals surface area (Å²) in [6.45, 7) is -3.05. The minimum Gasteiger partial charge on any atom is -0.434 e. The quantitative estimate of drug-likeness (QED) is 0.929. The number of halogens is 3. The molecule has 0 spiro atoms. The van der Waals surface area contributed by atoms with Crippen molar-refractivity contribution < 1.29 is 23.0 Å². The maximum absolute atomic E-state index is 14.3. The lowest BCUT2D eigenvalue weighted by molar-refractivity contribution is -0.0954. The molecule has 1 aromatic rings. The summed E-state index contributed by atoms with van der Waals surface area (Å²) in [4.78, 5) is 2.21. The van der Waals surface area contributed by atoms with E-state index in [4.69, 9.17) is 0 Å². The van der Waals surface area contributed by atoms with Crippen LogP contribution in [0.4, 0.5) is 13.2 Å². The first-order chi connectivity index (χ1) is 10.4. The zero-order valence-electron chi connectivity index (χ0n) is 12.4. The molecule has 2 aliphatic heterocycles. The van der Waals surface area contributed by atoms with Gasteiger partial charge in [-0.2, -0.15) is 8.78 Å². The van der Waals surface area contributed by atoms with Crippen LogP contribution in [0.1, 0.15) is 37.7 Å². The Hall–Kier alpha value is -1.27. The van der Waals surface area contributed by atoms with Crippen molar-refractivity contribution in [2.24, 2.45) is 0 Å². The average molecular weight is 315 g/mol. The normalized spacial score (nSPS) is 32.3. The number of benzene rings is 1. The monoisotopic (exact) mass is 315 g/mol. The minimum absolute atomic E-state index is 0.125. The van der Waals surface area contributed by atoms with Crippen LogP contribution in [-0.4, -0.2) is 35.7 Å². The first kappa shape index (κ1) is 15.6. The van der Waals surface area contributed by atoms with Crippen LogP contribution < -0.4 is 4.74 Å². The van der Waals surface area contributed by atoms with Crippen molar-refractivity contribution in [3.63, 3.8) is 0 Å². The van der Waals surface area contributed by atoms with E-state index in [9.17, 15) is 18.3 Å². The predicted molar refractivity (Wildman–Crippen MR) is 75.4 cm³/mol. The molecule has 3 rings (SSSR count). The molecule has 0 amide bonds. The molecular formula is C16H20F3NO2. The van der Waals surface area contributed by atoms with E-state index in [1.54, 1.807) is 0 Å². The molecule has 6 heteroatoms. The van der Waals surface area contributed by atoms with E-state index in [0.717, 1.165) is 19.3 Å². The van der Waals surface area contributed by atoms with Gasteiger partial charge in [0.15, 0.2) is 0 Å². The molecule has 2 unspecified atom stereocenters. The number of piperidine rings is 2. The molecule has 0 radical (unpaired) electrons. The molecule has 2 bridgehead atoms. The third-order valence-electron chi connectivity index (χ3n) is 5.03. The molecule has 2 atom stereocenters. The SMILES string of the molecule is CN1C2CCCC1CC(O)(c1c(F)cccc1OC(F)F)C2. The van der Waals surface area contributed by atoms with Gasteiger partial charge in [0.2, 0.25) is 0 Å². The first-order valence-electron chi connectivity index (χ1n) is 7.59. The summed E-state index contributed by atoms with van der Waals surface area (Å²) in [7, 11) is 2.01. The fraction of sp³-hybridized carbons (Fsp3) is 0.625. The van der Waals surface area contributed by atoms with E-state index in [1.807, 2.05) is 7.05 Å². The maximum Gasteiger partial charge on any atom is 0.387 e. The third-order valence-corrected chi connectivity index (χ3v) is 5.03. The second-order valence-corrected chi connectivity index (χ2v) is 6.34. The zero-order valence-corrected chi connectivity index (χ0v) is 12.4. The molecule has 22 heavy (non-hydrogen) atoms. The van der Waals surface area contributed by atoms with Gasteiger partial charge in [-0.15, -0.1) is 0 Å². The maximum atomic E-state index is 14.3. The van der Waals surface area contributed by atoms with Crippen LogP contribution in [0.2, 0.25) is 0 Å². The van der Waals surface area contributed by atoms with Crippen molar-refractivity contribution in [3.8, 4) is 5.75 Å². The van der Waals surface area contributed by atoms with E-state index in [-0.39, 0.29) is 23.4 Å². The van der Waals surface area contributed by atoms with E-state index >= 15 is 0 Å². The van der Waals surface area contributed by atoms with Crippen LogP contribution in [0.3, 0.4) is 0 Å². The zero-order chi connectivity index (χ0) is 15.9. The number of nitrogens with zero attached hydrogens (tertiary/aromatic N) is 1. The number of ether oxygens (including phenoxy) is 1. The fourth-order valence-corrected chi connectivity index (χ4v) is 4.00. The summed E-state index contributed by atoms with van der Waals surface area (Å²) in [5.41, 5.74) is -1.59. The van der Waals surface area contributed by atoms with Gasteiger partial charge in [-0.25, -0.2) is 4.39 Å². The molecule has 0 aromatic heterocycles. The largest absolute Gasteiger partial charge is 0.434 e. The van der Waals surface area contributed by atoms with Crippen LogP contribution >= 0.6 is 0 Å². The third kappa shape index (κ3) is 2.70. The smallest absolute Gasteiger partial charge is 0.387 e. The second-order valence-electron chi connectivity index (χ2n) is 6.34. The van der Waals surface area contributed by atoms with Crippen molar-refractivity contribution in [3.05, 3.63) is 29.6 Å². The number of fused-ring (bicyclic) bond motifs is 2. The van der Waals surface area contributed by atoms with Crippen molar-refractivity contribution in [2.75, 3.05) is 7.05 Å². The standard InChI is InChI=1S/C16H20F3NO2/c1-20-10-4-2-5-11(20)9-16(21,8-10)14-12(17)6-3-7-13(14)22-15(18)19/h3,6-7,10-11,15,21H,2,4-5,8-9H2,1H3. The lowest BCUT2D eigenvalue weighted by Crippen LogP contribution is -2.55. The molecule has 2 aliphatic rings. The van der Waals surface area contributed by atoms with E-state index in [0.29, 0.717) is 12.8 Å². The lowest BCUT2D eigenvalue weighted by atomic mass is 9.72. The molecule has 122 valence electrons. The molecule has 1 aromatic carbocycles. The van der Waals surface area contributed by atoms with Crippen molar-refractivity contribution in [1.29, 1.82) is 0 Å². The van der Waals surface area contributed by atoms with Crippen LogP contribution in [0, 0.1) is 5.82 Å². The summed E-state index contributed by atoms with van der Waals surface area (Å²) in [5.74, 6) is -0.955. The Balaban J connectivity index is 1.99. The van der Waals surface area contributed by atoms with Gasteiger partial charge in [0.1, 0.15) is 11.6 Å². The van der Waals surface area contributed by atoms with Crippen molar-refractivity contribution >= 4 is 0 Å². The number of alkyl halides is 2. The summed E-state index contributed by atoms with van der Waals surface area (Å²) in [6, 6.07) is 4.06. The van der Waals surface area contributed by atoms with Gasteiger partial charge in [-0.1, -0.05) is 12.5 Å². The Kier molecular flexibility index (Phi) is 4.07.